The number of benzene rings is 1. The Morgan fingerprint density at radius 2 is 1.76 bits per heavy atom. The monoisotopic (exact) mass is 358 g/mol. The molecule has 5 heteroatoms. The normalized spacial score (nSPS) is 21.3. The van der Waals surface area contributed by atoms with E-state index < -0.39 is 0 Å². The first-order chi connectivity index (χ1) is 12.2. The number of hydrogen-bond donors (Lipinski definition) is 0. The molecule has 2 aliphatic heterocycles. The van der Waals surface area contributed by atoms with Crippen LogP contribution in [-0.2, 0) is 11.2 Å². The van der Waals surface area contributed by atoms with E-state index in [1.54, 1.807) is 0 Å². The molecule has 1 saturated heterocycles. The van der Waals surface area contributed by atoms with Crippen LogP contribution in [0.2, 0.25) is 0 Å². The molecule has 4 nitrogen and oxygen atoms in total. The van der Waals surface area contributed by atoms with Gasteiger partial charge in [0.2, 0.25) is 5.91 Å². The number of carbonyl (C=O) groups is 2. The van der Waals surface area contributed by atoms with Crippen molar-refractivity contribution in [1.82, 2.24) is 9.80 Å². The Balaban J connectivity index is 1.41. The molecule has 1 aliphatic carbocycles. The van der Waals surface area contributed by atoms with Crippen molar-refractivity contribution in [3.05, 3.63) is 29.3 Å². The van der Waals surface area contributed by atoms with Crippen molar-refractivity contribution in [2.24, 2.45) is 5.92 Å². The third-order valence-electron chi connectivity index (χ3n) is 5.70. The molecule has 0 bridgehead atoms. The van der Waals surface area contributed by atoms with Crippen LogP contribution in [0, 0.1) is 5.92 Å². The predicted octanol–water partition coefficient (Wildman–Crippen LogP) is 3.20. The molecule has 2 heterocycles. The summed E-state index contributed by atoms with van der Waals surface area (Å²) in [7, 11) is 0. The average Bonchev–Trinajstić information content (AvgIpc) is 2.85. The summed E-state index contributed by atoms with van der Waals surface area (Å²) in [6.45, 7) is 2.88. The molecule has 1 aromatic carbocycles. The van der Waals surface area contributed by atoms with Crippen LogP contribution in [0.3, 0.4) is 0 Å². The van der Waals surface area contributed by atoms with Crippen LogP contribution in [0.5, 0.6) is 0 Å². The van der Waals surface area contributed by atoms with Crippen LogP contribution in [0.15, 0.2) is 23.1 Å². The fourth-order valence-corrected chi connectivity index (χ4v) is 4.95. The second-order valence-electron chi connectivity index (χ2n) is 7.37. The first-order valence-corrected chi connectivity index (χ1v) is 10.5. The number of fused-ring (bicyclic) bond motifs is 1. The van der Waals surface area contributed by atoms with E-state index in [4.69, 9.17) is 0 Å². The molecule has 1 saturated carbocycles. The number of amides is 2. The second-order valence-corrected chi connectivity index (χ2v) is 8.51. The Kier molecular flexibility index (Phi) is 5.02. The summed E-state index contributed by atoms with van der Waals surface area (Å²) in [6, 6.07) is 6.17. The quantitative estimate of drug-likeness (QED) is 0.815. The van der Waals surface area contributed by atoms with Gasteiger partial charge in [0.15, 0.2) is 0 Å². The third kappa shape index (κ3) is 3.57. The molecular weight excluding hydrogens is 332 g/mol. The van der Waals surface area contributed by atoms with Gasteiger partial charge in [-0.25, -0.2) is 0 Å². The highest BCUT2D eigenvalue weighted by Gasteiger charge is 2.31. The minimum atomic E-state index is 0.122. The first kappa shape index (κ1) is 17.0. The van der Waals surface area contributed by atoms with Crippen LogP contribution in [0.25, 0.3) is 0 Å². The molecule has 0 spiro atoms. The summed E-state index contributed by atoms with van der Waals surface area (Å²) in [4.78, 5) is 30.6. The standard InChI is InChI=1S/C20H26N2O2S/c23-19(15-4-1-5-15)21-9-3-10-22(12-11-21)20(24)17-7-8-18-16(14-17)6-2-13-25-18/h7-8,14-15H,1-6,9-13H2. The van der Waals surface area contributed by atoms with Gasteiger partial charge in [-0.2, -0.15) is 0 Å². The Bertz CT molecular complexity index is 672. The fourth-order valence-electron chi connectivity index (χ4n) is 3.93. The van der Waals surface area contributed by atoms with E-state index in [-0.39, 0.29) is 11.8 Å². The van der Waals surface area contributed by atoms with Crippen molar-refractivity contribution < 1.29 is 9.59 Å². The largest absolute Gasteiger partial charge is 0.341 e. The number of aryl methyl sites for hydroxylation is 1. The van der Waals surface area contributed by atoms with Gasteiger partial charge < -0.3 is 9.80 Å². The smallest absolute Gasteiger partial charge is 0.253 e. The second kappa shape index (κ2) is 7.40. The Labute approximate surface area is 153 Å². The summed E-state index contributed by atoms with van der Waals surface area (Å²) >= 11 is 1.89. The van der Waals surface area contributed by atoms with Gasteiger partial charge in [0.25, 0.3) is 5.91 Å². The first-order valence-electron chi connectivity index (χ1n) is 9.56. The van der Waals surface area contributed by atoms with Crippen LogP contribution in [0.4, 0.5) is 0 Å². The van der Waals surface area contributed by atoms with Gasteiger partial charge in [0, 0.05) is 42.6 Å². The lowest BCUT2D eigenvalue weighted by Crippen LogP contribution is -2.41. The van der Waals surface area contributed by atoms with E-state index >= 15 is 0 Å². The number of rotatable bonds is 2. The zero-order chi connectivity index (χ0) is 17.2. The zero-order valence-electron chi connectivity index (χ0n) is 14.7. The van der Waals surface area contributed by atoms with Gasteiger partial charge in [-0.05, 0) is 61.6 Å². The van der Waals surface area contributed by atoms with Gasteiger partial charge in [-0.3, -0.25) is 9.59 Å². The lowest BCUT2D eigenvalue weighted by atomic mass is 9.84. The van der Waals surface area contributed by atoms with Crippen molar-refractivity contribution in [3.63, 3.8) is 0 Å². The molecule has 134 valence electrons. The molecule has 2 fully saturated rings. The lowest BCUT2D eigenvalue weighted by molar-refractivity contribution is -0.138. The van der Waals surface area contributed by atoms with Gasteiger partial charge in [-0.15, -0.1) is 11.8 Å². The molecule has 0 N–H and O–H groups in total. The average molecular weight is 359 g/mol. The summed E-state index contributed by atoms with van der Waals surface area (Å²) < 4.78 is 0. The van der Waals surface area contributed by atoms with Crippen molar-refractivity contribution in [3.8, 4) is 0 Å². The summed E-state index contributed by atoms with van der Waals surface area (Å²) in [5.74, 6) is 1.86. The maximum absolute atomic E-state index is 12.9. The Morgan fingerprint density at radius 1 is 0.960 bits per heavy atom. The van der Waals surface area contributed by atoms with E-state index in [0.717, 1.165) is 44.3 Å². The fraction of sp³-hybridized carbons (Fsp3) is 0.600. The maximum atomic E-state index is 12.9. The number of carbonyl (C=O) groups excluding carboxylic acids is 2. The minimum Gasteiger partial charge on any atom is -0.341 e. The van der Waals surface area contributed by atoms with Crippen molar-refractivity contribution in [2.75, 3.05) is 31.9 Å². The molecule has 0 atom stereocenters. The van der Waals surface area contributed by atoms with Crippen molar-refractivity contribution >= 4 is 23.6 Å². The molecule has 25 heavy (non-hydrogen) atoms. The van der Waals surface area contributed by atoms with E-state index in [2.05, 4.69) is 12.1 Å². The topological polar surface area (TPSA) is 40.6 Å². The van der Waals surface area contributed by atoms with Crippen molar-refractivity contribution in [1.29, 1.82) is 0 Å². The molecule has 1 aromatic rings. The molecule has 3 aliphatic rings. The Hall–Kier alpha value is -1.49. The number of nitrogens with zero attached hydrogens (tertiary/aromatic N) is 2. The van der Waals surface area contributed by atoms with Crippen LogP contribution in [0.1, 0.15) is 48.0 Å². The van der Waals surface area contributed by atoms with E-state index in [9.17, 15) is 9.59 Å². The van der Waals surface area contributed by atoms with Gasteiger partial charge >= 0.3 is 0 Å². The highest BCUT2D eigenvalue weighted by Crippen LogP contribution is 2.31. The van der Waals surface area contributed by atoms with Gasteiger partial charge in [-0.1, -0.05) is 6.42 Å². The lowest BCUT2D eigenvalue weighted by Gasteiger charge is -2.31. The van der Waals surface area contributed by atoms with Crippen LogP contribution in [-0.4, -0.2) is 53.5 Å². The third-order valence-corrected chi connectivity index (χ3v) is 6.91. The molecule has 4 rings (SSSR count). The zero-order valence-corrected chi connectivity index (χ0v) is 15.5. The van der Waals surface area contributed by atoms with E-state index in [1.165, 1.54) is 29.1 Å². The summed E-state index contributed by atoms with van der Waals surface area (Å²) in [6.07, 6.45) is 6.43. The number of hydrogen-bond acceptors (Lipinski definition) is 3. The summed E-state index contributed by atoms with van der Waals surface area (Å²) in [5, 5.41) is 0. The van der Waals surface area contributed by atoms with Crippen molar-refractivity contribution in [2.45, 2.75) is 43.4 Å². The molecule has 0 radical (unpaired) electrons. The predicted molar refractivity (Wildman–Crippen MR) is 99.9 cm³/mol. The highest BCUT2D eigenvalue weighted by molar-refractivity contribution is 7.99. The SMILES string of the molecule is O=C(c1ccc2c(c1)CCCS2)N1CCCN(C(=O)C2CCC2)CC1. The van der Waals surface area contributed by atoms with Gasteiger partial charge in [0.05, 0.1) is 0 Å². The Morgan fingerprint density at radius 3 is 2.56 bits per heavy atom. The minimum absolute atomic E-state index is 0.122. The van der Waals surface area contributed by atoms with E-state index in [1.807, 2.05) is 27.6 Å². The molecule has 2 amide bonds. The molecular formula is C20H26N2O2S. The van der Waals surface area contributed by atoms with Crippen LogP contribution >= 0.6 is 11.8 Å². The summed E-state index contributed by atoms with van der Waals surface area (Å²) in [5.41, 5.74) is 2.12. The van der Waals surface area contributed by atoms with Crippen LogP contribution < -0.4 is 0 Å². The maximum Gasteiger partial charge on any atom is 0.253 e. The highest BCUT2D eigenvalue weighted by atomic mass is 32.2. The molecule has 0 aromatic heterocycles. The van der Waals surface area contributed by atoms with Gasteiger partial charge in [0.1, 0.15) is 0 Å². The number of thioether (sulfide) groups is 1. The molecule has 0 unspecified atom stereocenters. The van der Waals surface area contributed by atoms with E-state index in [0.29, 0.717) is 19.0 Å².